The van der Waals surface area contributed by atoms with Gasteiger partial charge in [-0.3, -0.25) is 4.79 Å². The van der Waals surface area contributed by atoms with Gasteiger partial charge in [0, 0.05) is 20.3 Å². The van der Waals surface area contributed by atoms with Crippen molar-refractivity contribution < 1.29 is 14.6 Å². The highest BCUT2D eigenvalue weighted by Crippen LogP contribution is 2.17. The maximum absolute atomic E-state index is 11.1. The number of ether oxygens (including phenoxy) is 1. The van der Waals surface area contributed by atoms with Crippen molar-refractivity contribution in [2.24, 2.45) is 5.92 Å². The molecule has 0 aliphatic carbocycles. The van der Waals surface area contributed by atoms with Crippen LogP contribution in [0, 0.1) is 5.92 Å². The third-order valence-electron chi connectivity index (χ3n) is 3.49. The molecular formula is C13H26N2O3. The Labute approximate surface area is 109 Å². The normalized spacial score (nSPS) is 19.9. The Kier molecular flexibility index (Phi) is 7.23. The molecule has 1 aliphatic heterocycles. The summed E-state index contributed by atoms with van der Waals surface area (Å²) >= 11 is 0. The molecule has 2 N–H and O–H groups in total. The number of hydrogen-bond acceptors (Lipinski definition) is 4. The summed E-state index contributed by atoms with van der Waals surface area (Å²) in [6.07, 6.45) is 3.17. The molecule has 0 spiro atoms. The monoisotopic (exact) mass is 258 g/mol. The van der Waals surface area contributed by atoms with Crippen LogP contribution in [-0.4, -0.2) is 61.9 Å². The zero-order chi connectivity index (χ0) is 13.4. The molecule has 1 atom stereocenters. The van der Waals surface area contributed by atoms with Crippen LogP contribution < -0.4 is 5.32 Å². The second kappa shape index (κ2) is 8.45. The molecule has 0 aromatic carbocycles. The number of carboxylic acid groups (broad SMARTS) is 1. The Hall–Kier alpha value is -0.650. The molecule has 106 valence electrons. The van der Waals surface area contributed by atoms with Gasteiger partial charge in [-0.05, 0) is 44.8 Å². The summed E-state index contributed by atoms with van der Waals surface area (Å²) in [6, 6.07) is -0.441. The summed E-state index contributed by atoms with van der Waals surface area (Å²) in [6.45, 7) is 6.19. The molecule has 0 amide bonds. The molecule has 1 fully saturated rings. The van der Waals surface area contributed by atoms with E-state index in [4.69, 9.17) is 9.84 Å². The summed E-state index contributed by atoms with van der Waals surface area (Å²) in [5, 5.41) is 12.2. The summed E-state index contributed by atoms with van der Waals surface area (Å²) in [5.74, 6) is -0.111. The van der Waals surface area contributed by atoms with Crippen molar-refractivity contribution in [2.75, 3.05) is 39.9 Å². The van der Waals surface area contributed by atoms with E-state index in [0.717, 1.165) is 45.5 Å². The third-order valence-corrected chi connectivity index (χ3v) is 3.49. The van der Waals surface area contributed by atoms with Gasteiger partial charge >= 0.3 is 5.97 Å². The Morgan fingerprint density at radius 1 is 1.50 bits per heavy atom. The van der Waals surface area contributed by atoms with Crippen LogP contribution in [0.5, 0.6) is 0 Å². The number of likely N-dealkylation sites (tertiary alicyclic amines) is 1. The van der Waals surface area contributed by atoms with E-state index >= 15 is 0 Å². The predicted molar refractivity (Wildman–Crippen MR) is 70.8 cm³/mol. The van der Waals surface area contributed by atoms with Gasteiger partial charge in [-0.1, -0.05) is 6.92 Å². The minimum absolute atomic E-state index is 0.441. The Bertz CT molecular complexity index is 240. The molecule has 0 bridgehead atoms. The average molecular weight is 258 g/mol. The van der Waals surface area contributed by atoms with Crippen molar-refractivity contribution in [3.8, 4) is 0 Å². The Morgan fingerprint density at radius 3 is 2.67 bits per heavy atom. The van der Waals surface area contributed by atoms with E-state index in [-0.39, 0.29) is 0 Å². The lowest BCUT2D eigenvalue weighted by Crippen LogP contribution is -2.48. The summed E-state index contributed by atoms with van der Waals surface area (Å²) in [4.78, 5) is 13.4. The third kappa shape index (κ3) is 5.33. The lowest BCUT2D eigenvalue weighted by molar-refractivity contribution is -0.140. The van der Waals surface area contributed by atoms with Crippen molar-refractivity contribution in [1.82, 2.24) is 10.2 Å². The van der Waals surface area contributed by atoms with Crippen LogP contribution in [0.25, 0.3) is 0 Å². The minimum Gasteiger partial charge on any atom is -0.480 e. The molecule has 1 saturated heterocycles. The minimum atomic E-state index is -0.748. The molecule has 1 heterocycles. The van der Waals surface area contributed by atoms with Gasteiger partial charge in [0.25, 0.3) is 0 Å². The van der Waals surface area contributed by atoms with Crippen LogP contribution in [0.3, 0.4) is 0 Å². The lowest BCUT2D eigenvalue weighted by atomic mass is 9.97. The van der Waals surface area contributed by atoms with Gasteiger partial charge in [-0.15, -0.1) is 0 Å². The predicted octanol–water partition coefficient (Wildman–Crippen LogP) is 0.798. The standard InChI is InChI=1S/C13H26N2O3/c1-3-6-14-12(13(16)17)9-15-7-4-11(5-8-15)10-18-2/h11-12,14H,3-10H2,1-2H3,(H,16,17). The molecule has 0 aromatic heterocycles. The van der Waals surface area contributed by atoms with Gasteiger partial charge in [0.05, 0.1) is 0 Å². The SMILES string of the molecule is CCCNC(CN1CCC(COC)CC1)C(=O)O. The smallest absolute Gasteiger partial charge is 0.322 e. The van der Waals surface area contributed by atoms with Crippen LogP contribution >= 0.6 is 0 Å². The molecule has 5 heteroatoms. The van der Waals surface area contributed by atoms with E-state index in [0.29, 0.717) is 12.5 Å². The van der Waals surface area contributed by atoms with Gasteiger partial charge in [0.2, 0.25) is 0 Å². The number of carboxylic acids is 1. The molecule has 1 unspecified atom stereocenters. The van der Waals surface area contributed by atoms with Crippen molar-refractivity contribution in [3.05, 3.63) is 0 Å². The van der Waals surface area contributed by atoms with E-state index in [1.54, 1.807) is 7.11 Å². The highest BCUT2D eigenvalue weighted by atomic mass is 16.5. The van der Waals surface area contributed by atoms with Gasteiger partial charge < -0.3 is 20.1 Å². The van der Waals surface area contributed by atoms with Gasteiger partial charge in [0.1, 0.15) is 6.04 Å². The maximum Gasteiger partial charge on any atom is 0.322 e. The summed E-state index contributed by atoms with van der Waals surface area (Å²) < 4.78 is 5.16. The maximum atomic E-state index is 11.1. The van der Waals surface area contributed by atoms with Crippen molar-refractivity contribution >= 4 is 5.97 Å². The lowest BCUT2D eigenvalue weighted by Gasteiger charge is -2.33. The van der Waals surface area contributed by atoms with Gasteiger partial charge in [-0.25, -0.2) is 0 Å². The number of methoxy groups -OCH3 is 1. The van der Waals surface area contributed by atoms with E-state index in [1.807, 2.05) is 6.92 Å². The fourth-order valence-electron chi connectivity index (χ4n) is 2.38. The summed E-state index contributed by atoms with van der Waals surface area (Å²) in [7, 11) is 1.74. The number of nitrogens with zero attached hydrogens (tertiary/aromatic N) is 1. The number of rotatable bonds is 8. The second-order valence-electron chi connectivity index (χ2n) is 5.04. The van der Waals surface area contributed by atoms with Crippen LogP contribution in [0.4, 0.5) is 0 Å². The number of nitrogens with one attached hydrogen (secondary N) is 1. The molecule has 0 radical (unpaired) electrons. The molecule has 18 heavy (non-hydrogen) atoms. The zero-order valence-electron chi connectivity index (χ0n) is 11.5. The average Bonchev–Trinajstić information content (AvgIpc) is 2.36. The van der Waals surface area contributed by atoms with Crippen LogP contribution in [0.1, 0.15) is 26.2 Å². The molecule has 1 aliphatic rings. The first kappa shape index (κ1) is 15.4. The molecule has 0 saturated carbocycles. The first-order valence-electron chi connectivity index (χ1n) is 6.84. The van der Waals surface area contributed by atoms with Crippen molar-refractivity contribution in [2.45, 2.75) is 32.2 Å². The van der Waals surface area contributed by atoms with Crippen molar-refractivity contribution in [1.29, 1.82) is 0 Å². The van der Waals surface area contributed by atoms with Crippen LogP contribution in [-0.2, 0) is 9.53 Å². The highest BCUT2D eigenvalue weighted by molar-refractivity contribution is 5.73. The van der Waals surface area contributed by atoms with E-state index in [2.05, 4.69) is 10.2 Å². The van der Waals surface area contributed by atoms with Crippen molar-refractivity contribution in [3.63, 3.8) is 0 Å². The fourth-order valence-corrected chi connectivity index (χ4v) is 2.38. The highest BCUT2D eigenvalue weighted by Gasteiger charge is 2.24. The Balaban J connectivity index is 2.30. The molecule has 0 aromatic rings. The van der Waals surface area contributed by atoms with Gasteiger partial charge in [-0.2, -0.15) is 0 Å². The summed E-state index contributed by atoms with van der Waals surface area (Å²) in [5.41, 5.74) is 0. The second-order valence-corrected chi connectivity index (χ2v) is 5.04. The fraction of sp³-hybridized carbons (Fsp3) is 0.923. The molecule has 5 nitrogen and oxygen atoms in total. The molecule has 1 rings (SSSR count). The number of hydrogen-bond donors (Lipinski definition) is 2. The van der Waals surface area contributed by atoms with E-state index < -0.39 is 12.0 Å². The zero-order valence-corrected chi connectivity index (χ0v) is 11.5. The quantitative estimate of drug-likeness (QED) is 0.674. The largest absolute Gasteiger partial charge is 0.480 e. The van der Waals surface area contributed by atoms with Crippen LogP contribution in [0.15, 0.2) is 0 Å². The van der Waals surface area contributed by atoms with E-state index in [9.17, 15) is 4.79 Å². The topological polar surface area (TPSA) is 61.8 Å². The number of piperidine rings is 1. The number of carbonyl (C=O) groups is 1. The first-order chi connectivity index (χ1) is 8.67. The Morgan fingerprint density at radius 2 is 2.17 bits per heavy atom. The number of aliphatic carboxylic acids is 1. The van der Waals surface area contributed by atoms with Gasteiger partial charge in [0.15, 0.2) is 0 Å². The van der Waals surface area contributed by atoms with Crippen LogP contribution in [0.2, 0.25) is 0 Å². The first-order valence-corrected chi connectivity index (χ1v) is 6.84. The molecular weight excluding hydrogens is 232 g/mol. The van der Waals surface area contributed by atoms with E-state index in [1.165, 1.54) is 0 Å².